The second-order valence-corrected chi connectivity index (χ2v) is 7.08. The van der Waals surface area contributed by atoms with E-state index in [1.165, 1.54) is 30.0 Å². The van der Waals surface area contributed by atoms with Gasteiger partial charge in [-0.05, 0) is 38.0 Å². The van der Waals surface area contributed by atoms with Crippen molar-refractivity contribution in [2.24, 2.45) is 0 Å². The van der Waals surface area contributed by atoms with Gasteiger partial charge >= 0.3 is 5.97 Å². The van der Waals surface area contributed by atoms with Gasteiger partial charge in [-0.25, -0.2) is 14.2 Å². The summed E-state index contributed by atoms with van der Waals surface area (Å²) >= 11 is 0. The van der Waals surface area contributed by atoms with E-state index in [0.29, 0.717) is 18.4 Å². The number of nitrogens with zero attached hydrogens (tertiary/aromatic N) is 2. The number of phenolic OH excluding ortho intramolecular Hbond substituents is 1. The van der Waals surface area contributed by atoms with Crippen molar-refractivity contribution < 1.29 is 19.4 Å². The number of anilines is 1. The van der Waals surface area contributed by atoms with Crippen LogP contribution in [-0.4, -0.2) is 25.7 Å². The zero-order valence-electron chi connectivity index (χ0n) is 15.5. The van der Waals surface area contributed by atoms with E-state index in [0.717, 1.165) is 6.07 Å². The van der Waals surface area contributed by atoms with Crippen molar-refractivity contribution in [1.82, 2.24) is 9.55 Å². The molecule has 8 heteroatoms. The molecule has 29 heavy (non-hydrogen) atoms. The van der Waals surface area contributed by atoms with E-state index in [4.69, 9.17) is 0 Å². The Labute approximate surface area is 165 Å². The molecule has 0 unspecified atom stereocenters. The summed E-state index contributed by atoms with van der Waals surface area (Å²) in [5, 5.41) is 22.5. The molecule has 0 saturated heterocycles. The van der Waals surface area contributed by atoms with Crippen LogP contribution in [0.5, 0.6) is 5.75 Å². The maximum absolute atomic E-state index is 14.2. The van der Waals surface area contributed by atoms with Gasteiger partial charge in [0.1, 0.15) is 11.6 Å². The van der Waals surface area contributed by atoms with E-state index in [-0.39, 0.29) is 28.4 Å². The van der Waals surface area contributed by atoms with Crippen LogP contribution in [0.25, 0.3) is 5.69 Å². The van der Waals surface area contributed by atoms with Gasteiger partial charge in [-0.3, -0.25) is 9.36 Å². The lowest BCUT2D eigenvalue weighted by molar-refractivity contribution is 0.0696. The number of aromatic hydroxyl groups is 1. The zero-order valence-corrected chi connectivity index (χ0v) is 15.5. The maximum Gasteiger partial charge on any atom is 0.335 e. The number of hydrogen-bond donors (Lipinski definition) is 3. The molecular formula is C21H18FN3O4. The molecule has 3 aromatic rings. The van der Waals surface area contributed by atoms with Crippen LogP contribution in [0.15, 0.2) is 53.6 Å². The van der Waals surface area contributed by atoms with Gasteiger partial charge in [0.25, 0.3) is 5.56 Å². The van der Waals surface area contributed by atoms with Gasteiger partial charge in [-0.1, -0.05) is 18.2 Å². The van der Waals surface area contributed by atoms with Crippen molar-refractivity contribution >= 4 is 11.8 Å². The largest absolute Gasteiger partial charge is 0.508 e. The first-order valence-electron chi connectivity index (χ1n) is 9.00. The van der Waals surface area contributed by atoms with Crippen molar-refractivity contribution in [2.75, 3.05) is 5.32 Å². The smallest absolute Gasteiger partial charge is 0.335 e. The van der Waals surface area contributed by atoms with Crippen molar-refractivity contribution in [1.29, 1.82) is 0 Å². The molecule has 7 nitrogen and oxygen atoms in total. The predicted octanol–water partition coefficient (Wildman–Crippen LogP) is 3.19. The van der Waals surface area contributed by atoms with Gasteiger partial charge in [0.15, 0.2) is 5.82 Å². The van der Waals surface area contributed by atoms with E-state index >= 15 is 0 Å². The third kappa shape index (κ3) is 3.22. The minimum absolute atomic E-state index is 0.0359. The predicted molar refractivity (Wildman–Crippen MR) is 104 cm³/mol. The fourth-order valence-corrected chi connectivity index (χ4v) is 3.42. The number of benzene rings is 2. The topological polar surface area (TPSA) is 104 Å². The van der Waals surface area contributed by atoms with Crippen LogP contribution in [-0.2, 0) is 5.54 Å². The summed E-state index contributed by atoms with van der Waals surface area (Å²) in [5.74, 6) is -1.84. The maximum atomic E-state index is 14.2. The van der Waals surface area contributed by atoms with Gasteiger partial charge in [0.05, 0.1) is 16.8 Å². The Morgan fingerprint density at radius 1 is 1.28 bits per heavy atom. The van der Waals surface area contributed by atoms with Crippen molar-refractivity contribution in [2.45, 2.75) is 25.3 Å². The number of para-hydroxylation sites is 1. The normalized spacial score (nSPS) is 14.4. The first kappa shape index (κ1) is 18.7. The van der Waals surface area contributed by atoms with Crippen LogP contribution in [0, 0.1) is 12.7 Å². The summed E-state index contributed by atoms with van der Waals surface area (Å²) in [7, 11) is 0. The van der Waals surface area contributed by atoms with Gasteiger partial charge in [-0.2, -0.15) is 0 Å². The lowest BCUT2D eigenvalue weighted by atomic mass is 10.0. The number of rotatable bonds is 5. The number of aromatic nitrogens is 2. The molecular weight excluding hydrogens is 377 g/mol. The van der Waals surface area contributed by atoms with Gasteiger partial charge in [0.2, 0.25) is 0 Å². The van der Waals surface area contributed by atoms with E-state index in [1.54, 1.807) is 24.3 Å². The quantitative estimate of drug-likeness (QED) is 0.613. The molecule has 4 rings (SSSR count). The molecule has 1 aromatic heterocycles. The summed E-state index contributed by atoms with van der Waals surface area (Å²) in [6, 6.07) is 9.06. The number of halogens is 1. The molecule has 1 fully saturated rings. The van der Waals surface area contributed by atoms with Crippen molar-refractivity contribution in [3.63, 3.8) is 0 Å². The Bertz CT molecular complexity index is 1180. The summed E-state index contributed by atoms with van der Waals surface area (Å²) in [6.45, 7) is 1.47. The van der Waals surface area contributed by atoms with Crippen LogP contribution >= 0.6 is 0 Å². The Hall–Kier alpha value is -3.68. The van der Waals surface area contributed by atoms with Crippen LogP contribution in [0.3, 0.4) is 0 Å². The Kier molecular flexibility index (Phi) is 4.34. The molecule has 0 bridgehead atoms. The molecule has 148 valence electrons. The number of carboxylic acids is 1. The molecule has 1 saturated carbocycles. The minimum atomic E-state index is -1.29. The number of aromatic carboxylic acids is 1. The second-order valence-electron chi connectivity index (χ2n) is 7.08. The first-order chi connectivity index (χ1) is 13.8. The summed E-state index contributed by atoms with van der Waals surface area (Å²) in [5.41, 5.74) is -0.443. The van der Waals surface area contributed by atoms with E-state index < -0.39 is 22.9 Å². The van der Waals surface area contributed by atoms with Crippen LogP contribution in [0.2, 0.25) is 0 Å². The fraction of sp³-hybridized carbons (Fsp3) is 0.190. The number of phenols is 1. The number of hydrogen-bond acceptors (Lipinski definition) is 5. The molecule has 2 aromatic carbocycles. The van der Waals surface area contributed by atoms with Crippen LogP contribution < -0.4 is 10.9 Å². The van der Waals surface area contributed by atoms with E-state index in [1.807, 2.05) is 0 Å². The molecule has 0 spiro atoms. The molecule has 1 heterocycles. The molecule has 0 amide bonds. The summed E-state index contributed by atoms with van der Waals surface area (Å²) in [4.78, 5) is 28.4. The number of nitrogens with one attached hydrogen (secondary N) is 1. The third-order valence-electron chi connectivity index (χ3n) is 5.19. The lowest BCUT2D eigenvalue weighted by Crippen LogP contribution is -2.29. The molecule has 1 aliphatic carbocycles. The highest BCUT2D eigenvalue weighted by molar-refractivity contribution is 5.88. The zero-order chi connectivity index (χ0) is 20.8. The number of carboxylic acid groups (broad SMARTS) is 1. The van der Waals surface area contributed by atoms with Gasteiger partial charge in [-0.15, -0.1) is 0 Å². The molecule has 3 N–H and O–H groups in total. The standard InChI is InChI=1S/C21H18FN3O4/c1-12-15(22)10-13(20(28)29)11-16(12)25-9-8-23-18(19(25)27)24-21(6-7-21)14-4-2-3-5-17(14)26/h2-5,8-11,26H,6-7H2,1H3,(H,23,24)(H,28,29). The first-order valence-corrected chi connectivity index (χ1v) is 9.00. The average molecular weight is 395 g/mol. The summed E-state index contributed by atoms with van der Waals surface area (Å²) < 4.78 is 15.4. The van der Waals surface area contributed by atoms with Crippen LogP contribution in [0.1, 0.15) is 34.3 Å². The minimum Gasteiger partial charge on any atom is -0.508 e. The Morgan fingerprint density at radius 3 is 2.66 bits per heavy atom. The van der Waals surface area contributed by atoms with E-state index in [2.05, 4.69) is 10.3 Å². The monoisotopic (exact) mass is 395 g/mol. The third-order valence-corrected chi connectivity index (χ3v) is 5.19. The molecule has 0 radical (unpaired) electrons. The van der Waals surface area contributed by atoms with Gasteiger partial charge in [0, 0.05) is 23.5 Å². The molecule has 0 atom stereocenters. The highest BCUT2D eigenvalue weighted by Crippen LogP contribution is 2.50. The Balaban J connectivity index is 1.78. The molecule has 0 aliphatic heterocycles. The van der Waals surface area contributed by atoms with Crippen molar-refractivity contribution in [3.05, 3.63) is 81.7 Å². The van der Waals surface area contributed by atoms with Crippen LogP contribution in [0.4, 0.5) is 10.2 Å². The Morgan fingerprint density at radius 2 is 2.00 bits per heavy atom. The summed E-state index contributed by atoms with van der Waals surface area (Å²) in [6.07, 6.45) is 4.17. The van der Waals surface area contributed by atoms with E-state index in [9.17, 15) is 24.2 Å². The van der Waals surface area contributed by atoms with Crippen molar-refractivity contribution in [3.8, 4) is 11.4 Å². The highest BCUT2D eigenvalue weighted by Gasteiger charge is 2.46. The SMILES string of the molecule is Cc1c(F)cc(C(=O)O)cc1-n1ccnc(NC2(c3ccccc3O)CC2)c1=O. The average Bonchev–Trinajstić information content (AvgIpc) is 3.46. The molecule has 1 aliphatic rings. The number of carbonyl (C=O) groups is 1. The second kappa shape index (κ2) is 6.73. The lowest BCUT2D eigenvalue weighted by Gasteiger charge is -2.20. The highest BCUT2D eigenvalue weighted by atomic mass is 19.1. The van der Waals surface area contributed by atoms with Gasteiger partial charge < -0.3 is 15.5 Å². The fourth-order valence-electron chi connectivity index (χ4n) is 3.42.